The fourth-order valence-electron chi connectivity index (χ4n) is 1.65. The number of nitrogen functional groups attached to an aromatic ring is 1. The van der Waals surface area contributed by atoms with Crippen LogP contribution in [0.3, 0.4) is 0 Å². The van der Waals surface area contributed by atoms with Crippen LogP contribution < -0.4 is 5.73 Å². The van der Waals surface area contributed by atoms with E-state index in [1.807, 2.05) is 6.08 Å². The van der Waals surface area contributed by atoms with Gasteiger partial charge >= 0.3 is 5.97 Å². The molecule has 0 saturated carbocycles. The summed E-state index contributed by atoms with van der Waals surface area (Å²) in [5, 5.41) is 0. The topological polar surface area (TPSA) is 52.3 Å². The van der Waals surface area contributed by atoms with Gasteiger partial charge in [-0.3, -0.25) is 0 Å². The van der Waals surface area contributed by atoms with Gasteiger partial charge in [-0.05, 0) is 64.0 Å². The van der Waals surface area contributed by atoms with Crippen LogP contribution >= 0.6 is 0 Å². The molecule has 3 heteroatoms. The Labute approximate surface area is 121 Å². The highest BCUT2D eigenvalue weighted by Gasteiger charge is 2.05. The third kappa shape index (κ3) is 6.23. The molecule has 20 heavy (non-hydrogen) atoms. The molecular formula is C17H23NO2. The fraction of sp³-hybridized carbons (Fsp3) is 0.353. The lowest BCUT2D eigenvalue weighted by atomic mass is 10.1. The van der Waals surface area contributed by atoms with E-state index in [-0.39, 0.29) is 5.97 Å². The smallest absolute Gasteiger partial charge is 0.338 e. The maximum atomic E-state index is 11.7. The van der Waals surface area contributed by atoms with Crippen LogP contribution in [-0.2, 0) is 4.74 Å². The number of carbonyl (C=O) groups is 1. The van der Waals surface area contributed by atoms with E-state index in [4.69, 9.17) is 10.5 Å². The Morgan fingerprint density at radius 3 is 2.40 bits per heavy atom. The highest BCUT2D eigenvalue weighted by molar-refractivity contribution is 5.89. The van der Waals surface area contributed by atoms with Gasteiger partial charge in [-0.1, -0.05) is 17.2 Å². The molecule has 0 radical (unpaired) electrons. The van der Waals surface area contributed by atoms with Crippen LogP contribution in [0.15, 0.2) is 47.6 Å². The number of allylic oxidation sites excluding steroid dienone is 3. The van der Waals surface area contributed by atoms with Gasteiger partial charge in [0.1, 0.15) is 6.61 Å². The molecule has 0 aromatic heterocycles. The second-order valence-electron chi connectivity index (χ2n) is 5.09. The molecule has 0 unspecified atom stereocenters. The number of anilines is 1. The lowest BCUT2D eigenvalue weighted by molar-refractivity contribution is 0.0549. The number of benzene rings is 1. The van der Waals surface area contributed by atoms with E-state index < -0.39 is 0 Å². The zero-order valence-corrected chi connectivity index (χ0v) is 12.5. The van der Waals surface area contributed by atoms with Crippen LogP contribution in [0.1, 0.15) is 44.0 Å². The number of hydrogen-bond acceptors (Lipinski definition) is 3. The number of carbonyl (C=O) groups excluding carboxylic acids is 1. The van der Waals surface area contributed by atoms with E-state index in [1.54, 1.807) is 24.3 Å². The summed E-state index contributed by atoms with van der Waals surface area (Å²) in [5.41, 5.74) is 9.28. The zero-order chi connectivity index (χ0) is 15.0. The van der Waals surface area contributed by atoms with Crippen LogP contribution in [0.25, 0.3) is 0 Å². The average molecular weight is 273 g/mol. The second-order valence-corrected chi connectivity index (χ2v) is 5.09. The summed E-state index contributed by atoms with van der Waals surface area (Å²) in [4.78, 5) is 11.7. The predicted octanol–water partition coefficient (Wildman–Crippen LogP) is 4.12. The Bertz CT molecular complexity index is 494. The Morgan fingerprint density at radius 1 is 1.15 bits per heavy atom. The normalized spacial score (nSPS) is 11.1. The third-order valence-corrected chi connectivity index (χ3v) is 2.88. The van der Waals surface area contributed by atoms with Gasteiger partial charge in [0.2, 0.25) is 0 Å². The minimum absolute atomic E-state index is 0.309. The molecule has 0 bridgehead atoms. The molecule has 0 fully saturated rings. The van der Waals surface area contributed by atoms with Crippen molar-refractivity contribution in [1.82, 2.24) is 0 Å². The third-order valence-electron chi connectivity index (χ3n) is 2.88. The Balaban J connectivity index is 2.37. The number of esters is 1. The Morgan fingerprint density at radius 2 is 1.80 bits per heavy atom. The van der Waals surface area contributed by atoms with Crippen molar-refractivity contribution in [2.45, 2.75) is 33.6 Å². The predicted molar refractivity (Wildman–Crippen MR) is 83.6 cm³/mol. The molecular weight excluding hydrogens is 250 g/mol. The van der Waals surface area contributed by atoms with E-state index in [2.05, 4.69) is 26.8 Å². The SMILES string of the molecule is CC(C)=CCCC(C)=CCOC(=O)c1ccc(N)cc1. The molecule has 1 aromatic rings. The van der Waals surface area contributed by atoms with Gasteiger partial charge in [0.15, 0.2) is 0 Å². The first-order valence-corrected chi connectivity index (χ1v) is 6.80. The van der Waals surface area contributed by atoms with Crippen LogP contribution in [-0.4, -0.2) is 12.6 Å². The first kappa shape index (κ1) is 16.0. The molecule has 0 atom stereocenters. The molecule has 0 amide bonds. The van der Waals surface area contributed by atoms with Crippen LogP contribution in [0.2, 0.25) is 0 Å². The molecule has 0 aliphatic carbocycles. The van der Waals surface area contributed by atoms with Crippen LogP contribution in [0.4, 0.5) is 5.69 Å². The average Bonchev–Trinajstić information content (AvgIpc) is 2.39. The fourth-order valence-corrected chi connectivity index (χ4v) is 1.65. The van der Waals surface area contributed by atoms with Crippen molar-refractivity contribution in [2.75, 3.05) is 12.3 Å². The summed E-state index contributed by atoms with van der Waals surface area (Å²) in [6.45, 7) is 6.54. The van der Waals surface area contributed by atoms with Crippen molar-refractivity contribution in [3.05, 3.63) is 53.1 Å². The van der Waals surface area contributed by atoms with E-state index in [0.29, 0.717) is 17.9 Å². The zero-order valence-electron chi connectivity index (χ0n) is 12.5. The number of hydrogen-bond donors (Lipinski definition) is 1. The Kier molecular flexibility index (Phi) is 6.57. The highest BCUT2D eigenvalue weighted by Crippen LogP contribution is 2.09. The summed E-state index contributed by atoms with van der Waals surface area (Å²) in [7, 11) is 0. The molecule has 0 aliphatic heterocycles. The maximum Gasteiger partial charge on any atom is 0.338 e. The molecule has 0 heterocycles. The molecule has 1 aromatic carbocycles. The molecule has 0 aliphatic rings. The first-order valence-electron chi connectivity index (χ1n) is 6.80. The minimum Gasteiger partial charge on any atom is -0.458 e. The molecule has 108 valence electrons. The molecule has 3 nitrogen and oxygen atoms in total. The lowest BCUT2D eigenvalue weighted by Crippen LogP contribution is -2.05. The van der Waals surface area contributed by atoms with Crippen molar-refractivity contribution >= 4 is 11.7 Å². The minimum atomic E-state index is -0.321. The van der Waals surface area contributed by atoms with E-state index in [9.17, 15) is 4.79 Å². The number of rotatable bonds is 6. The van der Waals surface area contributed by atoms with Gasteiger partial charge in [-0.2, -0.15) is 0 Å². The number of ether oxygens (including phenoxy) is 1. The summed E-state index contributed by atoms with van der Waals surface area (Å²) in [5.74, 6) is -0.321. The van der Waals surface area contributed by atoms with E-state index in [0.717, 1.165) is 12.8 Å². The van der Waals surface area contributed by atoms with Gasteiger partial charge in [0.05, 0.1) is 5.56 Å². The monoisotopic (exact) mass is 273 g/mol. The van der Waals surface area contributed by atoms with E-state index in [1.165, 1.54) is 11.1 Å². The van der Waals surface area contributed by atoms with Gasteiger partial charge in [-0.15, -0.1) is 0 Å². The van der Waals surface area contributed by atoms with Crippen molar-refractivity contribution in [3.63, 3.8) is 0 Å². The second kappa shape index (κ2) is 8.20. The quantitative estimate of drug-likeness (QED) is 0.482. The standard InChI is InChI=1S/C17H23NO2/c1-13(2)5-4-6-14(3)11-12-20-17(19)15-7-9-16(18)10-8-15/h5,7-11H,4,6,12,18H2,1-3H3. The summed E-state index contributed by atoms with van der Waals surface area (Å²) in [6.07, 6.45) is 6.17. The van der Waals surface area contributed by atoms with E-state index >= 15 is 0 Å². The first-order chi connectivity index (χ1) is 9.49. The maximum absolute atomic E-state index is 11.7. The van der Waals surface area contributed by atoms with Crippen molar-refractivity contribution in [1.29, 1.82) is 0 Å². The van der Waals surface area contributed by atoms with Crippen LogP contribution in [0.5, 0.6) is 0 Å². The van der Waals surface area contributed by atoms with Gasteiger partial charge in [0.25, 0.3) is 0 Å². The largest absolute Gasteiger partial charge is 0.458 e. The molecule has 2 N–H and O–H groups in total. The summed E-state index contributed by atoms with van der Waals surface area (Å²) in [6, 6.07) is 6.72. The van der Waals surface area contributed by atoms with Gasteiger partial charge in [0, 0.05) is 5.69 Å². The molecule has 1 rings (SSSR count). The van der Waals surface area contributed by atoms with Gasteiger partial charge in [-0.25, -0.2) is 4.79 Å². The van der Waals surface area contributed by atoms with Crippen molar-refractivity contribution in [2.24, 2.45) is 0 Å². The molecule has 0 saturated heterocycles. The Hall–Kier alpha value is -2.03. The lowest BCUT2D eigenvalue weighted by Gasteiger charge is -2.04. The highest BCUT2D eigenvalue weighted by atomic mass is 16.5. The summed E-state index contributed by atoms with van der Waals surface area (Å²) < 4.78 is 5.19. The van der Waals surface area contributed by atoms with Crippen molar-refractivity contribution < 1.29 is 9.53 Å². The van der Waals surface area contributed by atoms with Gasteiger partial charge < -0.3 is 10.5 Å². The number of nitrogens with two attached hydrogens (primary N) is 1. The molecule has 0 spiro atoms. The summed E-state index contributed by atoms with van der Waals surface area (Å²) >= 11 is 0. The van der Waals surface area contributed by atoms with Crippen molar-refractivity contribution in [3.8, 4) is 0 Å². The van der Waals surface area contributed by atoms with Crippen LogP contribution in [0, 0.1) is 0 Å².